The van der Waals surface area contributed by atoms with Gasteiger partial charge in [0.15, 0.2) is 5.78 Å². The van der Waals surface area contributed by atoms with Crippen molar-refractivity contribution in [3.63, 3.8) is 0 Å². The number of fused-ring (bicyclic) bond motifs is 1. The molecular formula is C22H24FN3O2. The van der Waals surface area contributed by atoms with Gasteiger partial charge in [0.2, 0.25) is 0 Å². The van der Waals surface area contributed by atoms with E-state index in [0.717, 1.165) is 43.5 Å². The molecule has 0 aliphatic carbocycles. The highest BCUT2D eigenvalue weighted by molar-refractivity contribution is 5.96. The summed E-state index contributed by atoms with van der Waals surface area (Å²) in [5.41, 5.74) is 2.32. The molecule has 1 saturated heterocycles. The van der Waals surface area contributed by atoms with Gasteiger partial charge in [0.25, 0.3) is 0 Å². The molecule has 146 valence electrons. The molecule has 0 atom stereocenters. The van der Waals surface area contributed by atoms with E-state index in [1.54, 1.807) is 16.7 Å². The fourth-order valence-electron chi connectivity index (χ4n) is 4.00. The molecule has 2 heterocycles. The first kappa shape index (κ1) is 18.6. The predicted molar refractivity (Wildman–Crippen MR) is 107 cm³/mol. The van der Waals surface area contributed by atoms with Crippen LogP contribution in [-0.2, 0) is 6.54 Å². The van der Waals surface area contributed by atoms with Crippen molar-refractivity contribution in [2.75, 3.05) is 19.6 Å². The lowest BCUT2D eigenvalue weighted by Crippen LogP contribution is -2.37. The largest absolute Gasteiger partial charge is 0.326 e. The number of nitrogens with one attached hydrogen (secondary N) is 1. The SMILES string of the molecule is O=C(CC1CCN(CCn2c(=O)[nH]c3ccccc32)CC1)c1ccc(F)cc1. The molecule has 0 spiro atoms. The van der Waals surface area contributed by atoms with Gasteiger partial charge in [-0.25, -0.2) is 9.18 Å². The van der Waals surface area contributed by atoms with Crippen molar-refractivity contribution in [1.29, 1.82) is 0 Å². The molecule has 0 unspecified atom stereocenters. The molecule has 5 nitrogen and oxygen atoms in total. The minimum Gasteiger partial charge on any atom is -0.306 e. The molecular weight excluding hydrogens is 357 g/mol. The number of benzene rings is 2. The number of hydrogen-bond acceptors (Lipinski definition) is 3. The Labute approximate surface area is 162 Å². The van der Waals surface area contributed by atoms with Gasteiger partial charge in [0, 0.05) is 25.1 Å². The van der Waals surface area contributed by atoms with E-state index < -0.39 is 0 Å². The lowest BCUT2D eigenvalue weighted by Gasteiger charge is -2.31. The van der Waals surface area contributed by atoms with Gasteiger partial charge in [-0.2, -0.15) is 0 Å². The predicted octanol–water partition coefficient (Wildman–Crippen LogP) is 3.45. The Balaban J connectivity index is 1.28. The number of carbonyl (C=O) groups is 1. The molecule has 4 rings (SSSR count). The lowest BCUT2D eigenvalue weighted by atomic mass is 9.90. The third-order valence-electron chi connectivity index (χ3n) is 5.67. The van der Waals surface area contributed by atoms with E-state index >= 15 is 0 Å². The third-order valence-corrected chi connectivity index (χ3v) is 5.67. The van der Waals surface area contributed by atoms with E-state index in [2.05, 4.69) is 9.88 Å². The summed E-state index contributed by atoms with van der Waals surface area (Å²) in [5.74, 6) is 0.132. The van der Waals surface area contributed by atoms with Crippen molar-refractivity contribution in [2.24, 2.45) is 5.92 Å². The number of aromatic amines is 1. The molecule has 0 amide bonds. The molecule has 2 aromatic carbocycles. The van der Waals surface area contributed by atoms with Crippen molar-refractivity contribution in [3.8, 4) is 0 Å². The number of nitrogens with zero attached hydrogens (tertiary/aromatic N) is 2. The highest BCUT2D eigenvalue weighted by Gasteiger charge is 2.22. The molecule has 6 heteroatoms. The van der Waals surface area contributed by atoms with E-state index in [-0.39, 0.29) is 17.3 Å². The zero-order valence-electron chi connectivity index (χ0n) is 15.7. The van der Waals surface area contributed by atoms with Crippen LogP contribution in [0.4, 0.5) is 4.39 Å². The Morgan fingerprint density at radius 3 is 2.50 bits per heavy atom. The first-order valence-corrected chi connectivity index (χ1v) is 9.79. The number of Topliss-reactive ketones (excluding diaryl/α,β-unsaturated/α-hetero) is 1. The maximum Gasteiger partial charge on any atom is 0.326 e. The molecule has 0 bridgehead atoms. The maximum absolute atomic E-state index is 13.0. The molecule has 28 heavy (non-hydrogen) atoms. The van der Waals surface area contributed by atoms with Crippen LogP contribution in [0.1, 0.15) is 29.6 Å². The van der Waals surface area contributed by atoms with Crippen LogP contribution in [0.2, 0.25) is 0 Å². The average molecular weight is 381 g/mol. The number of imidazole rings is 1. The van der Waals surface area contributed by atoms with Gasteiger partial charge in [0.05, 0.1) is 11.0 Å². The highest BCUT2D eigenvalue weighted by atomic mass is 19.1. The first-order valence-electron chi connectivity index (χ1n) is 9.79. The average Bonchev–Trinajstić information content (AvgIpc) is 3.03. The fraction of sp³-hybridized carbons (Fsp3) is 0.364. The monoisotopic (exact) mass is 381 g/mol. The number of likely N-dealkylation sites (tertiary alicyclic amines) is 1. The number of para-hydroxylation sites is 2. The number of aromatic nitrogens is 2. The topological polar surface area (TPSA) is 58.1 Å². The Kier molecular flexibility index (Phi) is 5.39. The van der Waals surface area contributed by atoms with Crippen molar-refractivity contribution in [2.45, 2.75) is 25.8 Å². The molecule has 3 aromatic rings. The second-order valence-corrected chi connectivity index (χ2v) is 7.52. The summed E-state index contributed by atoms with van der Waals surface area (Å²) >= 11 is 0. The summed E-state index contributed by atoms with van der Waals surface area (Å²) < 4.78 is 14.8. The number of rotatable bonds is 6. The minimum atomic E-state index is -0.320. The van der Waals surface area contributed by atoms with Gasteiger partial charge in [-0.1, -0.05) is 12.1 Å². The van der Waals surface area contributed by atoms with Gasteiger partial charge in [-0.15, -0.1) is 0 Å². The Morgan fingerprint density at radius 2 is 1.75 bits per heavy atom. The van der Waals surface area contributed by atoms with Crippen molar-refractivity contribution >= 4 is 16.8 Å². The minimum absolute atomic E-state index is 0.0685. The Morgan fingerprint density at radius 1 is 1.04 bits per heavy atom. The summed E-state index contributed by atoms with van der Waals surface area (Å²) in [6, 6.07) is 13.5. The standard InChI is InChI=1S/C22H24FN3O2/c23-18-7-5-17(6-8-18)21(27)15-16-9-11-25(12-10-16)13-14-26-20-4-2-1-3-19(20)24-22(26)28/h1-8,16H,9-15H2,(H,24,28). The quantitative estimate of drug-likeness (QED) is 0.666. The second-order valence-electron chi connectivity index (χ2n) is 7.52. The van der Waals surface area contributed by atoms with Crippen LogP contribution in [0, 0.1) is 11.7 Å². The summed E-state index contributed by atoms with van der Waals surface area (Å²) in [5, 5.41) is 0. The normalized spacial score (nSPS) is 15.9. The second kappa shape index (κ2) is 8.10. The summed E-state index contributed by atoms with van der Waals surface area (Å²) in [6.45, 7) is 3.33. The van der Waals surface area contributed by atoms with E-state index in [1.807, 2.05) is 24.3 Å². The van der Waals surface area contributed by atoms with Crippen molar-refractivity contribution < 1.29 is 9.18 Å². The van der Waals surface area contributed by atoms with Crippen LogP contribution >= 0.6 is 0 Å². The van der Waals surface area contributed by atoms with E-state index in [1.165, 1.54) is 12.1 Å². The van der Waals surface area contributed by atoms with Crippen LogP contribution < -0.4 is 5.69 Å². The number of H-pyrrole nitrogens is 1. The zero-order valence-corrected chi connectivity index (χ0v) is 15.7. The van der Waals surface area contributed by atoms with E-state index in [4.69, 9.17) is 0 Å². The molecule has 0 radical (unpaired) electrons. The maximum atomic E-state index is 13.0. The van der Waals surface area contributed by atoms with Gasteiger partial charge >= 0.3 is 5.69 Å². The van der Waals surface area contributed by atoms with Gasteiger partial charge in [-0.3, -0.25) is 9.36 Å². The summed E-state index contributed by atoms with van der Waals surface area (Å²) in [7, 11) is 0. The van der Waals surface area contributed by atoms with Crippen LogP contribution in [0.15, 0.2) is 53.3 Å². The smallest absolute Gasteiger partial charge is 0.306 e. The molecule has 1 N–H and O–H groups in total. The van der Waals surface area contributed by atoms with E-state index in [9.17, 15) is 14.0 Å². The number of piperidine rings is 1. The van der Waals surface area contributed by atoms with Gasteiger partial charge in [0.1, 0.15) is 5.82 Å². The number of ketones is 1. The van der Waals surface area contributed by atoms with Crippen LogP contribution in [0.5, 0.6) is 0 Å². The lowest BCUT2D eigenvalue weighted by molar-refractivity contribution is 0.0926. The van der Waals surface area contributed by atoms with Crippen LogP contribution in [-0.4, -0.2) is 39.9 Å². The third kappa shape index (κ3) is 4.07. The van der Waals surface area contributed by atoms with Crippen molar-refractivity contribution in [3.05, 3.63) is 70.4 Å². The zero-order chi connectivity index (χ0) is 19.5. The van der Waals surface area contributed by atoms with E-state index in [0.29, 0.717) is 24.4 Å². The summed E-state index contributed by atoms with van der Waals surface area (Å²) in [6.07, 6.45) is 2.45. The molecule has 1 fully saturated rings. The Bertz CT molecular complexity index is 1010. The number of carbonyl (C=O) groups excluding carboxylic acids is 1. The van der Waals surface area contributed by atoms with Gasteiger partial charge in [-0.05, 0) is 68.2 Å². The van der Waals surface area contributed by atoms with Crippen molar-refractivity contribution in [1.82, 2.24) is 14.5 Å². The molecule has 1 aliphatic heterocycles. The number of halogens is 1. The highest BCUT2D eigenvalue weighted by Crippen LogP contribution is 2.22. The Hall–Kier alpha value is -2.73. The summed E-state index contributed by atoms with van der Waals surface area (Å²) in [4.78, 5) is 29.8. The first-order chi connectivity index (χ1) is 13.6. The fourth-order valence-corrected chi connectivity index (χ4v) is 4.00. The number of hydrogen-bond donors (Lipinski definition) is 1. The molecule has 1 aliphatic rings. The van der Waals surface area contributed by atoms with Crippen LogP contribution in [0.25, 0.3) is 11.0 Å². The molecule has 0 saturated carbocycles. The molecule has 1 aromatic heterocycles. The van der Waals surface area contributed by atoms with Crippen LogP contribution in [0.3, 0.4) is 0 Å². The van der Waals surface area contributed by atoms with Gasteiger partial charge < -0.3 is 9.88 Å².